The van der Waals surface area contributed by atoms with Crippen molar-refractivity contribution in [2.45, 2.75) is 30.2 Å². The maximum Gasteiger partial charge on any atom is 0.248 e. The van der Waals surface area contributed by atoms with Crippen LogP contribution >= 0.6 is 11.7 Å². The number of nitrogens with zero attached hydrogens (tertiary/aromatic N) is 5. The van der Waals surface area contributed by atoms with Gasteiger partial charge in [-0.25, -0.2) is 8.42 Å². The monoisotopic (exact) mass is 513 g/mol. The Kier molecular flexibility index (Phi) is 6.34. The molecule has 2 fully saturated rings. The first-order valence-electron chi connectivity index (χ1n) is 11.3. The van der Waals surface area contributed by atoms with Crippen LogP contribution in [0, 0.1) is 0 Å². The molecule has 12 heteroatoms. The first-order valence-corrected chi connectivity index (χ1v) is 13.4. The van der Waals surface area contributed by atoms with Crippen LogP contribution in [0.4, 0.5) is 0 Å². The van der Waals surface area contributed by atoms with Gasteiger partial charge < -0.3 is 4.90 Å². The molecule has 2 aliphatic rings. The predicted octanol–water partition coefficient (Wildman–Crippen LogP) is 1.28. The van der Waals surface area contributed by atoms with Crippen molar-refractivity contribution in [3.8, 4) is 0 Å². The molecule has 1 atom stereocenters. The molecule has 182 valence electrons. The molecule has 1 unspecified atom stereocenters. The van der Waals surface area contributed by atoms with Gasteiger partial charge in [0.05, 0.1) is 11.7 Å². The van der Waals surface area contributed by atoms with Crippen molar-refractivity contribution < 1.29 is 22.8 Å². The summed E-state index contributed by atoms with van der Waals surface area (Å²) in [5, 5.41) is 0. The Balaban J connectivity index is 1.30. The van der Waals surface area contributed by atoms with E-state index in [1.54, 1.807) is 12.1 Å². The maximum absolute atomic E-state index is 13.5. The minimum atomic E-state index is -4.04. The largest absolute Gasteiger partial charge is 0.323 e. The van der Waals surface area contributed by atoms with Gasteiger partial charge in [0.1, 0.15) is 35.1 Å². The SMILES string of the molecule is O=C(C1CCCN1S(=O)(=O)c1cccc2nsnc12)N1CC(=O)N(CCc2ccccc2)C(=O)C1. The summed E-state index contributed by atoms with van der Waals surface area (Å²) in [5.74, 6) is -1.45. The van der Waals surface area contributed by atoms with Gasteiger partial charge in [0, 0.05) is 13.1 Å². The van der Waals surface area contributed by atoms with Crippen molar-refractivity contribution in [1.29, 1.82) is 0 Å². The summed E-state index contributed by atoms with van der Waals surface area (Å²) in [7, 11) is -4.04. The highest BCUT2D eigenvalue weighted by molar-refractivity contribution is 7.89. The zero-order valence-electron chi connectivity index (χ0n) is 18.7. The van der Waals surface area contributed by atoms with Crippen molar-refractivity contribution in [3.63, 3.8) is 0 Å². The van der Waals surface area contributed by atoms with E-state index in [0.717, 1.165) is 17.3 Å². The number of carbonyl (C=O) groups excluding carboxylic acids is 3. The second kappa shape index (κ2) is 9.44. The lowest BCUT2D eigenvalue weighted by atomic mass is 10.1. The van der Waals surface area contributed by atoms with Gasteiger partial charge >= 0.3 is 0 Å². The van der Waals surface area contributed by atoms with Crippen molar-refractivity contribution in [2.24, 2.45) is 0 Å². The minimum absolute atomic E-state index is 0.00124. The molecule has 3 amide bonds. The maximum atomic E-state index is 13.5. The smallest absolute Gasteiger partial charge is 0.248 e. The number of benzene rings is 2. The molecule has 2 saturated heterocycles. The lowest BCUT2D eigenvalue weighted by Crippen LogP contribution is -2.59. The molecule has 2 aliphatic heterocycles. The second-order valence-electron chi connectivity index (χ2n) is 8.53. The van der Waals surface area contributed by atoms with Gasteiger partial charge in [-0.05, 0) is 37.0 Å². The Hall–Kier alpha value is -3.22. The number of piperazine rings is 1. The molecule has 0 aliphatic carbocycles. The van der Waals surface area contributed by atoms with E-state index in [0.29, 0.717) is 24.8 Å². The molecule has 35 heavy (non-hydrogen) atoms. The van der Waals surface area contributed by atoms with E-state index in [2.05, 4.69) is 8.75 Å². The molecule has 3 heterocycles. The number of fused-ring (bicyclic) bond motifs is 1. The third kappa shape index (κ3) is 4.44. The van der Waals surface area contributed by atoms with Gasteiger partial charge in [-0.1, -0.05) is 36.4 Å². The first-order chi connectivity index (χ1) is 16.9. The van der Waals surface area contributed by atoms with Gasteiger partial charge in [0.25, 0.3) is 0 Å². The van der Waals surface area contributed by atoms with Crippen LogP contribution in [0.3, 0.4) is 0 Å². The van der Waals surface area contributed by atoms with Crippen LogP contribution in [-0.4, -0.2) is 81.2 Å². The van der Waals surface area contributed by atoms with Crippen LogP contribution in [0.1, 0.15) is 18.4 Å². The van der Waals surface area contributed by atoms with Crippen molar-refractivity contribution in [1.82, 2.24) is 22.9 Å². The standard InChI is InChI=1S/C23H23N5O5S2/c29-20-14-26(15-21(30)27(20)13-11-16-6-2-1-3-7-16)23(31)18-9-5-12-28(18)35(32,33)19-10-4-8-17-22(19)25-34-24-17/h1-4,6-8,10,18H,5,9,11-15H2. The van der Waals surface area contributed by atoms with E-state index >= 15 is 0 Å². The van der Waals surface area contributed by atoms with E-state index in [4.69, 9.17) is 0 Å². The molecule has 2 aromatic carbocycles. The molecular weight excluding hydrogens is 490 g/mol. The Morgan fingerprint density at radius 2 is 1.74 bits per heavy atom. The van der Waals surface area contributed by atoms with E-state index in [1.807, 2.05) is 30.3 Å². The van der Waals surface area contributed by atoms with Crippen molar-refractivity contribution >= 4 is 50.5 Å². The van der Waals surface area contributed by atoms with Gasteiger partial charge in [-0.2, -0.15) is 13.1 Å². The van der Waals surface area contributed by atoms with Crippen molar-refractivity contribution in [2.75, 3.05) is 26.2 Å². The third-order valence-electron chi connectivity index (χ3n) is 6.36. The highest BCUT2D eigenvalue weighted by atomic mass is 32.2. The normalized spacial score (nSPS) is 19.6. The van der Waals surface area contributed by atoms with Crippen LogP contribution < -0.4 is 0 Å². The topological polar surface area (TPSA) is 121 Å². The van der Waals surface area contributed by atoms with E-state index < -0.39 is 33.8 Å². The van der Waals surface area contributed by atoms with Gasteiger partial charge in [0.15, 0.2) is 0 Å². The number of sulfonamides is 1. The summed E-state index contributed by atoms with van der Waals surface area (Å²) in [6.45, 7) is -0.102. The Morgan fingerprint density at radius 1 is 1.00 bits per heavy atom. The summed E-state index contributed by atoms with van der Waals surface area (Å²) in [6, 6.07) is 13.3. The first kappa shape index (κ1) is 23.5. The van der Waals surface area contributed by atoms with Crippen LogP contribution in [0.5, 0.6) is 0 Å². The second-order valence-corrected chi connectivity index (χ2v) is 10.9. The molecule has 1 aromatic heterocycles. The van der Waals surface area contributed by atoms with Crippen LogP contribution in [0.25, 0.3) is 11.0 Å². The number of imide groups is 1. The molecular formula is C23H23N5O5S2. The molecule has 0 radical (unpaired) electrons. The number of hydrogen-bond donors (Lipinski definition) is 0. The van der Waals surface area contributed by atoms with Gasteiger partial charge in [0.2, 0.25) is 27.7 Å². The summed E-state index contributed by atoms with van der Waals surface area (Å²) >= 11 is 0.921. The molecule has 0 saturated carbocycles. The Bertz CT molecular complexity index is 1370. The lowest BCUT2D eigenvalue weighted by molar-refractivity contribution is -0.157. The third-order valence-corrected chi connectivity index (χ3v) is 8.84. The molecule has 3 aromatic rings. The average Bonchev–Trinajstić information content (AvgIpc) is 3.53. The summed E-state index contributed by atoms with van der Waals surface area (Å²) in [6.07, 6.45) is 1.34. The number of hydrogen-bond acceptors (Lipinski definition) is 8. The fourth-order valence-corrected chi connectivity index (χ4v) is 6.99. The van der Waals surface area contributed by atoms with Gasteiger partial charge in [-0.15, -0.1) is 0 Å². The highest BCUT2D eigenvalue weighted by Gasteiger charge is 2.44. The van der Waals surface area contributed by atoms with Crippen LogP contribution in [-0.2, 0) is 30.8 Å². The fraction of sp³-hybridized carbons (Fsp3) is 0.348. The summed E-state index contributed by atoms with van der Waals surface area (Å²) < 4.78 is 36.4. The summed E-state index contributed by atoms with van der Waals surface area (Å²) in [4.78, 5) is 41.2. The number of amides is 3. The van der Waals surface area contributed by atoms with Crippen LogP contribution in [0.15, 0.2) is 53.4 Å². The number of rotatable bonds is 6. The van der Waals surface area contributed by atoms with E-state index in [1.165, 1.54) is 20.2 Å². The van der Waals surface area contributed by atoms with Crippen molar-refractivity contribution in [3.05, 3.63) is 54.1 Å². The van der Waals surface area contributed by atoms with E-state index in [-0.39, 0.29) is 36.6 Å². The summed E-state index contributed by atoms with van der Waals surface area (Å²) in [5.41, 5.74) is 1.75. The van der Waals surface area contributed by atoms with E-state index in [9.17, 15) is 22.8 Å². The number of carbonyl (C=O) groups is 3. The molecule has 10 nitrogen and oxygen atoms in total. The molecule has 0 N–H and O–H groups in total. The quantitative estimate of drug-likeness (QED) is 0.455. The zero-order valence-corrected chi connectivity index (χ0v) is 20.4. The van der Waals surface area contributed by atoms with Gasteiger partial charge in [-0.3, -0.25) is 19.3 Å². The average molecular weight is 514 g/mol. The number of aromatic nitrogens is 2. The predicted molar refractivity (Wildman–Crippen MR) is 128 cm³/mol. The Labute approximate surface area is 206 Å². The fourth-order valence-electron chi connectivity index (χ4n) is 4.58. The molecule has 5 rings (SSSR count). The Morgan fingerprint density at radius 3 is 2.49 bits per heavy atom. The lowest BCUT2D eigenvalue weighted by Gasteiger charge is -2.35. The molecule has 0 spiro atoms. The zero-order chi connectivity index (χ0) is 24.6. The minimum Gasteiger partial charge on any atom is -0.323 e. The van der Waals surface area contributed by atoms with Crippen LogP contribution in [0.2, 0.25) is 0 Å². The molecule has 0 bridgehead atoms. The highest BCUT2D eigenvalue weighted by Crippen LogP contribution is 2.31.